The third kappa shape index (κ3) is 5.90. The number of amides is 2. The van der Waals surface area contributed by atoms with E-state index in [-0.39, 0.29) is 30.1 Å². The second kappa shape index (κ2) is 10.1. The Kier molecular flexibility index (Phi) is 7.63. The van der Waals surface area contributed by atoms with Crippen molar-refractivity contribution in [3.05, 3.63) is 53.7 Å². The van der Waals surface area contributed by atoms with Gasteiger partial charge in [0, 0.05) is 37.2 Å². The number of halogens is 4. The zero-order valence-electron chi connectivity index (χ0n) is 17.3. The molecule has 0 saturated carbocycles. The number of carbonyl (C=O) groups is 2. The van der Waals surface area contributed by atoms with Crippen LogP contribution in [0, 0.1) is 0 Å². The predicted octanol–water partition coefficient (Wildman–Crippen LogP) is 3.68. The third-order valence-corrected chi connectivity index (χ3v) is 5.82. The van der Waals surface area contributed by atoms with E-state index in [0.717, 1.165) is 12.8 Å². The highest BCUT2D eigenvalue weighted by atomic mass is 35.5. The normalized spacial score (nSPS) is 23.9. The summed E-state index contributed by atoms with van der Waals surface area (Å²) in [4.78, 5) is 26.8. The SMILES string of the molecule is NCCC(=O)N1CCCCC1C(=O)NC1=CC=C(c2ccccc2)C(Cl)(OC(F)(F)F)C1. The van der Waals surface area contributed by atoms with Crippen LogP contribution in [0.3, 0.4) is 0 Å². The van der Waals surface area contributed by atoms with Crippen molar-refractivity contribution in [3.8, 4) is 0 Å². The number of allylic oxidation sites excluding steroid dienone is 2. The van der Waals surface area contributed by atoms with Crippen molar-refractivity contribution in [2.75, 3.05) is 13.1 Å². The number of nitrogens with two attached hydrogens (primary N) is 1. The van der Waals surface area contributed by atoms with Gasteiger partial charge in [0.15, 0.2) is 5.06 Å². The van der Waals surface area contributed by atoms with E-state index in [1.165, 1.54) is 17.1 Å². The zero-order valence-corrected chi connectivity index (χ0v) is 18.1. The number of ether oxygens (including phenoxy) is 1. The lowest BCUT2D eigenvalue weighted by molar-refractivity contribution is -0.342. The van der Waals surface area contributed by atoms with E-state index in [4.69, 9.17) is 17.3 Å². The van der Waals surface area contributed by atoms with Crippen molar-refractivity contribution in [2.24, 2.45) is 5.73 Å². The molecular weight excluding hydrogens is 447 g/mol. The van der Waals surface area contributed by atoms with Gasteiger partial charge in [-0.3, -0.25) is 14.3 Å². The molecular formula is C22H25ClF3N3O3. The summed E-state index contributed by atoms with van der Waals surface area (Å²) in [6, 6.07) is 7.63. The molecule has 0 spiro atoms. The number of hydrogen-bond acceptors (Lipinski definition) is 4. The first-order valence-corrected chi connectivity index (χ1v) is 10.7. The Hall–Kier alpha value is -2.36. The van der Waals surface area contributed by atoms with Crippen molar-refractivity contribution >= 4 is 29.0 Å². The van der Waals surface area contributed by atoms with Gasteiger partial charge in [-0.1, -0.05) is 48.0 Å². The van der Waals surface area contributed by atoms with Crippen molar-refractivity contribution < 1.29 is 27.5 Å². The van der Waals surface area contributed by atoms with Gasteiger partial charge in [0.1, 0.15) is 6.04 Å². The molecule has 1 aromatic carbocycles. The summed E-state index contributed by atoms with van der Waals surface area (Å²) in [5, 5.41) is 0.398. The van der Waals surface area contributed by atoms with Gasteiger partial charge in [-0.25, -0.2) is 0 Å². The van der Waals surface area contributed by atoms with Crippen LogP contribution >= 0.6 is 11.6 Å². The number of rotatable bonds is 6. The van der Waals surface area contributed by atoms with Gasteiger partial charge < -0.3 is 16.0 Å². The molecule has 174 valence electrons. The molecule has 1 aliphatic heterocycles. The Morgan fingerprint density at radius 2 is 1.94 bits per heavy atom. The molecule has 0 aromatic heterocycles. The highest BCUT2D eigenvalue weighted by Gasteiger charge is 2.47. The zero-order chi connectivity index (χ0) is 23.4. The van der Waals surface area contributed by atoms with Crippen LogP contribution in [0.25, 0.3) is 5.57 Å². The standard InChI is InChI=1S/C22H25ClF3N3O3/c23-21(32-22(24,25)26)14-16(9-10-17(21)15-6-2-1-3-7-15)28-20(31)18-8-4-5-13-29(18)19(30)11-12-27/h1-3,6-7,9-10,18H,4-5,8,11-14,27H2,(H,28,31). The van der Waals surface area contributed by atoms with Crippen LogP contribution in [-0.2, 0) is 14.3 Å². The molecule has 1 heterocycles. The Morgan fingerprint density at radius 1 is 1.22 bits per heavy atom. The number of alkyl halides is 4. The average Bonchev–Trinajstić information content (AvgIpc) is 2.73. The van der Waals surface area contributed by atoms with Gasteiger partial charge >= 0.3 is 6.36 Å². The fourth-order valence-corrected chi connectivity index (χ4v) is 4.41. The summed E-state index contributed by atoms with van der Waals surface area (Å²) >= 11 is 6.36. The fourth-order valence-electron chi connectivity index (χ4n) is 4.01. The quantitative estimate of drug-likeness (QED) is 0.620. The Morgan fingerprint density at radius 3 is 2.59 bits per heavy atom. The lowest BCUT2D eigenvalue weighted by Gasteiger charge is -2.37. The largest absolute Gasteiger partial charge is 0.524 e. The molecule has 3 rings (SSSR count). The molecule has 0 radical (unpaired) electrons. The first-order chi connectivity index (χ1) is 15.1. The monoisotopic (exact) mass is 471 g/mol. The Labute approximate surface area is 189 Å². The van der Waals surface area contributed by atoms with Crippen molar-refractivity contribution in [3.63, 3.8) is 0 Å². The van der Waals surface area contributed by atoms with Crippen molar-refractivity contribution in [1.29, 1.82) is 0 Å². The Bertz CT molecular complexity index is 905. The lowest BCUT2D eigenvalue weighted by Crippen LogP contribution is -2.52. The van der Waals surface area contributed by atoms with Crippen LogP contribution in [0.1, 0.15) is 37.7 Å². The molecule has 1 saturated heterocycles. The molecule has 1 aliphatic carbocycles. The van der Waals surface area contributed by atoms with E-state index < -0.39 is 29.8 Å². The number of benzene rings is 1. The Balaban J connectivity index is 1.83. The molecule has 2 aliphatic rings. The van der Waals surface area contributed by atoms with Crippen molar-refractivity contribution in [2.45, 2.75) is 49.6 Å². The number of nitrogens with one attached hydrogen (secondary N) is 1. The minimum absolute atomic E-state index is 0.125. The topological polar surface area (TPSA) is 84.7 Å². The van der Waals surface area contributed by atoms with Gasteiger partial charge in [0.05, 0.1) is 0 Å². The number of nitrogens with zero attached hydrogens (tertiary/aromatic N) is 1. The molecule has 10 heteroatoms. The molecule has 2 atom stereocenters. The van der Waals surface area contributed by atoms with Gasteiger partial charge in [-0.05, 0) is 30.9 Å². The van der Waals surface area contributed by atoms with Gasteiger partial charge in [0.25, 0.3) is 0 Å². The second-order valence-electron chi connectivity index (χ2n) is 7.72. The fraction of sp³-hybridized carbons (Fsp3) is 0.455. The van der Waals surface area contributed by atoms with Gasteiger partial charge in [-0.2, -0.15) is 0 Å². The molecule has 0 bridgehead atoms. The molecule has 6 nitrogen and oxygen atoms in total. The maximum Gasteiger partial charge on any atom is 0.524 e. The van der Waals surface area contributed by atoms with E-state index in [2.05, 4.69) is 10.1 Å². The average molecular weight is 472 g/mol. The van der Waals surface area contributed by atoms with Gasteiger partial charge in [-0.15, -0.1) is 13.2 Å². The first kappa shape index (κ1) is 24.3. The van der Waals surface area contributed by atoms with E-state index in [9.17, 15) is 22.8 Å². The van der Waals surface area contributed by atoms with Gasteiger partial charge in [0.2, 0.25) is 11.8 Å². The van der Waals surface area contributed by atoms with Crippen LogP contribution in [0.15, 0.2) is 48.2 Å². The number of likely N-dealkylation sites (tertiary alicyclic amines) is 1. The van der Waals surface area contributed by atoms with Crippen LogP contribution in [-0.4, -0.2) is 47.3 Å². The van der Waals surface area contributed by atoms with E-state index in [1.807, 2.05) is 0 Å². The maximum absolute atomic E-state index is 13.2. The van der Waals surface area contributed by atoms with E-state index in [0.29, 0.717) is 18.5 Å². The molecule has 1 fully saturated rings. The number of piperidine rings is 1. The highest BCUT2D eigenvalue weighted by Crippen LogP contribution is 2.45. The third-order valence-electron chi connectivity index (χ3n) is 5.40. The van der Waals surface area contributed by atoms with Crippen LogP contribution in [0.4, 0.5) is 13.2 Å². The highest BCUT2D eigenvalue weighted by molar-refractivity contribution is 6.29. The van der Waals surface area contributed by atoms with Crippen LogP contribution < -0.4 is 11.1 Å². The summed E-state index contributed by atoms with van der Waals surface area (Å²) in [6.45, 7) is 0.607. The molecule has 2 amide bonds. The molecule has 2 unspecified atom stereocenters. The minimum Gasteiger partial charge on any atom is -0.331 e. The van der Waals surface area contributed by atoms with E-state index in [1.54, 1.807) is 30.3 Å². The number of hydrogen-bond donors (Lipinski definition) is 2. The lowest BCUT2D eigenvalue weighted by atomic mass is 9.92. The van der Waals surface area contributed by atoms with Crippen LogP contribution in [0.2, 0.25) is 0 Å². The molecule has 32 heavy (non-hydrogen) atoms. The summed E-state index contributed by atoms with van der Waals surface area (Å²) in [5.41, 5.74) is 6.24. The summed E-state index contributed by atoms with van der Waals surface area (Å²) in [5.74, 6) is -0.688. The second-order valence-corrected chi connectivity index (χ2v) is 8.33. The van der Waals surface area contributed by atoms with Crippen molar-refractivity contribution in [1.82, 2.24) is 10.2 Å². The van der Waals surface area contributed by atoms with Crippen LogP contribution in [0.5, 0.6) is 0 Å². The molecule has 1 aromatic rings. The van der Waals surface area contributed by atoms with E-state index >= 15 is 0 Å². The minimum atomic E-state index is -4.99. The molecule has 3 N–H and O–H groups in total. The number of carbonyl (C=O) groups excluding carboxylic acids is 2. The summed E-state index contributed by atoms with van der Waals surface area (Å²) in [7, 11) is 0. The summed E-state index contributed by atoms with van der Waals surface area (Å²) < 4.78 is 43.8. The smallest absolute Gasteiger partial charge is 0.331 e. The summed E-state index contributed by atoms with van der Waals surface area (Å²) in [6.07, 6.45) is -0.360. The predicted molar refractivity (Wildman–Crippen MR) is 114 cm³/mol. The first-order valence-electron chi connectivity index (χ1n) is 10.4. The maximum atomic E-state index is 13.2.